The number of nitro groups is 1. The number of rotatable bonds is 3. The number of nitro benzene ring substituents is 1. The first-order valence-electron chi connectivity index (χ1n) is 7.64. The van der Waals surface area contributed by atoms with Crippen molar-refractivity contribution < 1.29 is 14.1 Å². The second kappa shape index (κ2) is 6.03. The minimum absolute atomic E-state index is 0.173. The van der Waals surface area contributed by atoms with E-state index in [0.29, 0.717) is 6.42 Å². The fourth-order valence-corrected chi connectivity index (χ4v) is 3.11. The van der Waals surface area contributed by atoms with Gasteiger partial charge < -0.3 is 5.32 Å². The van der Waals surface area contributed by atoms with E-state index in [2.05, 4.69) is 10.4 Å². The molecule has 1 aromatic carbocycles. The van der Waals surface area contributed by atoms with Crippen molar-refractivity contribution in [2.45, 2.75) is 32.1 Å². The molecular formula is C16H17FN4O3. The van der Waals surface area contributed by atoms with Crippen LogP contribution in [0.25, 0.3) is 0 Å². The number of nitrogens with one attached hydrogen (secondary N) is 1. The highest BCUT2D eigenvalue weighted by molar-refractivity contribution is 5.96. The van der Waals surface area contributed by atoms with Gasteiger partial charge in [0.15, 0.2) is 0 Å². The highest BCUT2D eigenvalue weighted by Crippen LogP contribution is 2.33. The molecule has 0 bridgehead atoms. The second-order valence-corrected chi connectivity index (χ2v) is 6.01. The lowest BCUT2D eigenvalue weighted by Crippen LogP contribution is -2.24. The van der Waals surface area contributed by atoms with Crippen molar-refractivity contribution in [2.75, 3.05) is 5.32 Å². The quantitative estimate of drug-likeness (QED) is 0.691. The summed E-state index contributed by atoms with van der Waals surface area (Å²) >= 11 is 0. The summed E-state index contributed by atoms with van der Waals surface area (Å²) in [6, 6.07) is 2.12. The van der Waals surface area contributed by atoms with Crippen LogP contribution in [0.15, 0.2) is 18.3 Å². The van der Waals surface area contributed by atoms with Crippen LogP contribution in [0, 0.1) is 22.9 Å². The molecule has 1 atom stereocenters. The molecule has 8 heteroatoms. The molecule has 0 saturated carbocycles. The summed E-state index contributed by atoms with van der Waals surface area (Å²) in [4.78, 5) is 23.0. The van der Waals surface area contributed by atoms with E-state index in [1.807, 2.05) is 0 Å². The average molecular weight is 332 g/mol. The maximum absolute atomic E-state index is 14.1. The molecule has 0 spiro atoms. The summed E-state index contributed by atoms with van der Waals surface area (Å²) in [6.45, 7) is 1.45. The molecule has 0 saturated heterocycles. The molecular weight excluding hydrogens is 315 g/mol. The van der Waals surface area contributed by atoms with Crippen LogP contribution in [-0.2, 0) is 18.3 Å². The number of hydrogen-bond donors (Lipinski definition) is 1. The van der Waals surface area contributed by atoms with Crippen LogP contribution < -0.4 is 5.32 Å². The lowest BCUT2D eigenvalue weighted by Gasteiger charge is -2.21. The second-order valence-electron chi connectivity index (χ2n) is 6.01. The minimum Gasteiger partial charge on any atom is -0.323 e. The topological polar surface area (TPSA) is 90.1 Å². The molecule has 1 N–H and O–H groups in total. The molecule has 1 aromatic heterocycles. The monoisotopic (exact) mass is 332 g/mol. The van der Waals surface area contributed by atoms with Gasteiger partial charge in [-0.25, -0.2) is 4.39 Å². The first kappa shape index (κ1) is 16.1. The van der Waals surface area contributed by atoms with Crippen LogP contribution >= 0.6 is 0 Å². The average Bonchev–Trinajstić information content (AvgIpc) is 2.89. The highest BCUT2D eigenvalue weighted by Gasteiger charge is 2.29. The smallest absolute Gasteiger partial charge is 0.274 e. The van der Waals surface area contributed by atoms with Crippen LogP contribution in [0.2, 0.25) is 0 Å². The molecule has 1 heterocycles. The van der Waals surface area contributed by atoms with Gasteiger partial charge in [-0.05, 0) is 32.3 Å². The number of fused-ring (bicyclic) bond motifs is 1. The first-order chi connectivity index (χ1) is 11.4. The molecule has 24 heavy (non-hydrogen) atoms. The zero-order valence-electron chi connectivity index (χ0n) is 13.4. The fourth-order valence-electron chi connectivity index (χ4n) is 3.11. The van der Waals surface area contributed by atoms with E-state index in [4.69, 9.17) is 0 Å². The largest absolute Gasteiger partial charge is 0.323 e. The van der Waals surface area contributed by atoms with Crippen molar-refractivity contribution in [1.29, 1.82) is 0 Å². The summed E-state index contributed by atoms with van der Waals surface area (Å²) in [5, 5.41) is 17.8. The Labute approximate surface area is 137 Å². The lowest BCUT2D eigenvalue weighted by atomic mass is 9.86. The third-order valence-electron chi connectivity index (χ3n) is 4.28. The van der Waals surface area contributed by atoms with Gasteiger partial charge in [0.05, 0.1) is 22.2 Å². The fraction of sp³-hybridized carbons (Fsp3) is 0.375. The first-order valence-corrected chi connectivity index (χ1v) is 7.64. The van der Waals surface area contributed by atoms with E-state index >= 15 is 0 Å². The van der Waals surface area contributed by atoms with Gasteiger partial charge in [0.25, 0.3) is 5.69 Å². The Balaban J connectivity index is 1.88. The van der Waals surface area contributed by atoms with Crippen molar-refractivity contribution in [3.05, 3.63) is 51.1 Å². The Morgan fingerprint density at radius 3 is 2.96 bits per heavy atom. The van der Waals surface area contributed by atoms with Crippen molar-refractivity contribution in [1.82, 2.24) is 9.78 Å². The van der Waals surface area contributed by atoms with Gasteiger partial charge >= 0.3 is 0 Å². The van der Waals surface area contributed by atoms with Crippen LogP contribution in [0.5, 0.6) is 0 Å². The van der Waals surface area contributed by atoms with Crippen LogP contribution in [0.3, 0.4) is 0 Å². The zero-order chi connectivity index (χ0) is 17.4. The van der Waals surface area contributed by atoms with E-state index in [-0.39, 0.29) is 22.8 Å². The summed E-state index contributed by atoms with van der Waals surface area (Å²) in [5.74, 6) is -1.49. The number of carbonyl (C=O) groups excluding carboxylic acids is 1. The SMILES string of the molecule is Cc1cc(F)c(NC(=O)[C@H]2CCCc3nn(C)cc32)cc1[N+](=O)[O-]. The summed E-state index contributed by atoms with van der Waals surface area (Å²) in [7, 11) is 1.79. The van der Waals surface area contributed by atoms with Crippen molar-refractivity contribution in [2.24, 2.45) is 7.05 Å². The zero-order valence-corrected chi connectivity index (χ0v) is 13.4. The number of nitrogens with zero attached hydrogens (tertiary/aromatic N) is 3. The third-order valence-corrected chi connectivity index (χ3v) is 4.28. The highest BCUT2D eigenvalue weighted by atomic mass is 19.1. The molecule has 1 aliphatic rings. The van der Waals surface area contributed by atoms with E-state index in [9.17, 15) is 19.3 Å². The van der Waals surface area contributed by atoms with Gasteiger partial charge in [0.2, 0.25) is 5.91 Å². The van der Waals surface area contributed by atoms with Crippen LogP contribution in [0.1, 0.15) is 35.6 Å². The van der Waals surface area contributed by atoms with E-state index in [1.165, 1.54) is 6.92 Å². The van der Waals surface area contributed by atoms with Crippen LogP contribution in [0.4, 0.5) is 15.8 Å². The normalized spacial score (nSPS) is 16.5. The van der Waals surface area contributed by atoms with Crippen molar-refractivity contribution in [3.63, 3.8) is 0 Å². The number of benzene rings is 1. The molecule has 0 fully saturated rings. The summed E-state index contributed by atoms with van der Waals surface area (Å²) in [5.41, 5.74) is 1.52. The molecule has 0 radical (unpaired) electrons. The minimum atomic E-state index is -0.686. The Morgan fingerprint density at radius 1 is 1.50 bits per heavy atom. The van der Waals surface area contributed by atoms with E-state index in [0.717, 1.165) is 36.2 Å². The number of halogens is 1. The van der Waals surface area contributed by atoms with Gasteiger partial charge in [0, 0.05) is 30.4 Å². The predicted molar refractivity (Wildman–Crippen MR) is 85.3 cm³/mol. The number of aromatic nitrogens is 2. The molecule has 3 rings (SSSR count). The van der Waals surface area contributed by atoms with Crippen molar-refractivity contribution >= 4 is 17.3 Å². The number of amides is 1. The van der Waals surface area contributed by atoms with Crippen molar-refractivity contribution in [3.8, 4) is 0 Å². The number of anilines is 1. The Bertz CT molecular complexity index is 831. The molecule has 1 amide bonds. The maximum Gasteiger partial charge on any atom is 0.274 e. The lowest BCUT2D eigenvalue weighted by molar-refractivity contribution is -0.385. The van der Waals surface area contributed by atoms with Gasteiger partial charge in [-0.2, -0.15) is 5.10 Å². The van der Waals surface area contributed by atoms with Gasteiger partial charge in [-0.15, -0.1) is 0 Å². The maximum atomic E-state index is 14.1. The van der Waals surface area contributed by atoms with Gasteiger partial charge in [-0.1, -0.05) is 0 Å². The standard InChI is InChI=1S/C16H17FN4O3/c1-9-6-12(17)14(7-15(9)21(23)24)18-16(22)10-4-3-5-13-11(10)8-20(2)19-13/h6-8,10H,3-5H2,1-2H3,(H,18,22)/t10-/m0/s1. The molecule has 7 nitrogen and oxygen atoms in total. The molecule has 1 aliphatic carbocycles. The number of hydrogen-bond acceptors (Lipinski definition) is 4. The number of aryl methyl sites for hydroxylation is 3. The van der Waals surface area contributed by atoms with Gasteiger partial charge in [-0.3, -0.25) is 19.6 Å². The molecule has 0 aliphatic heterocycles. The Kier molecular flexibility index (Phi) is 4.04. The van der Waals surface area contributed by atoms with Crippen LogP contribution in [-0.4, -0.2) is 20.6 Å². The third kappa shape index (κ3) is 2.86. The van der Waals surface area contributed by atoms with Gasteiger partial charge in [0.1, 0.15) is 5.82 Å². The summed E-state index contributed by atoms with van der Waals surface area (Å²) in [6.07, 6.45) is 4.07. The molecule has 2 aromatic rings. The molecule has 0 unspecified atom stereocenters. The number of carbonyl (C=O) groups is 1. The van der Waals surface area contributed by atoms with E-state index in [1.54, 1.807) is 17.9 Å². The predicted octanol–water partition coefficient (Wildman–Crippen LogP) is 2.83. The summed E-state index contributed by atoms with van der Waals surface area (Å²) < 4.78 is 15.7. The Morgan fingerprint density at radius 2 is 2.25 bits per heavy atom. The Hall–Kier alpha value is -2.77. The molecule has 126 valence electrons. The van der Waals surface area contributed by atoms with E-state index < -0.39 is 16.7 Å².